The molecule has 0 unspecified atom stereocenters. The standard InChI is InChI=1S/C10H13NO/c1-9-5-4-7-10(11-9)6-2-3-8-12/h2,4-7,12H,3,8H2,1H3. The topological polar surface area (TPSA) is 33.1 Å². The van der Waals surface area contributed by atoms with Crippen molar-refractivity contribution < 1.29 is 5.11 Å². The van der Waals surface area contributed by atoms with Gasteiger partial charge in [0.1, 0.15) is 0 Å². The van der Waals surface area contributed by atoms with Crippen molar-refractivity contribution in [1.82, 2.24) is 4.98 Å². The maximum Gasteiger partial charge on any atom is 0.0629 e. The average Bonchev–Trinajstić information content (AvgIpc) is 2.05. The molecule has 0 bridgehead atoms. The molecule has 0 radical (unpaired) electrons. The van der Waals surface area contributed by atoms with Gasteiger partial charge in [-0.2, -0.15) is 0 Å². The van der Waals surface area contributed by atoms with Crippen LogP contribution in [0.3, 0.4) is 0 Å². The van der Waals surface area contributed by atoms with E-state index in [-0.39, 0.29) is 6.61 Å². The summed E-state index contributed by atoms with van der Waals surface area (Å²) in [4.78, 5) is 4.28. The van der Waals surface area contributed by atoms with Gasteiger partial charge in [-0.3, -0.25) is 4.98 Å². The van der Waals surface area contributed by atoms with Crippen LogP contribution >= 0.6 is 0 Å². The number of aliphatic hydroxyl groups is 1. The summed E-state index contributed by atoms with van der Waals surface area (Å²) in [5.74, 6) is 0. The molecular weight excluding hydrogens is 150 g/mol. The molecule has 0 aliphatic carbocycles. The molecule has 12 heavy (non-hydrogen) atoms. The molecule has 1 aromatic heterocycles. The van der Waals surface area contributed by atoms with Gasteiger partial charge < -0.3 is 5.11 Å². The Bertz CT molecular complexity index is 268. The number of rotatable bonds is 3. The lowest BCUT2D eigenvalue weighted by Gasteiger charge is -1.93. The van der Waals surface area contributed by atoms with Crippen molar-refractivity contribution in [3.05, 3.63) is 35.7 Å². The summed E-state index contributed by atoms with van der Waals surface area (Å²) in [7, 11) is 0. The summed E-state index contributed by atoms with van der Waals surface area (Å²) in [6.07, 6.45) is 4.53. The molecule has 1 heterocycles. The van der Waals surface area contributed by atoms with Crippen LogP contribution in [0, 0.1) is 6.92 Å². The largest absolute Gasteiger partial charge is 0.396 e. The summed E-state index contributed by atoms with van der Waals surface area (Å²) in [6.45, 7) is 2.16. The zero-order valence-electron chi connectivity index (χ0n) is 7.20. The van der Waals surface area contributed by atoms with Gasteiger partial charge in [0.05, 0.1) is 5.69 Å². The number of aliphatic hydroxyl groups excluding tert-OH is 1. The lowest BCUT2D eigenvalue weighted by atomic mass is 10.3. The first kappa shape index (κ1) is 8.94. The van der Waals surface area contributed by atoms with Gasteiger partial charge in [0.15, 0.2) is 0 Å². The normalized spacial score (nSPS) is 10.8. The fourth-order valence-electron chi connectivity index (χ4n) is 0.936. The Morgan fingerprint density at radius 3 is 3.00 bits per heavy atom. The molecule has 2 heteroatoms. The molecule has 0 aromatic carbocycles. The van der Waals surface area contributed by atoms with Crippen molar-refractivity contribution in [2.24, 2.45) is 0 Å². The Morgan fingerprint density at radius 2 is 2.33 bits per heavy atom. The van der Waals surface area contributed by atoms with Crippen molar-refractivity contribution in [3.63, 3.8) is 0 Å². The fraction of sp³-hybridized carbons (Fsp3) is 0.300. The maximum absolute atomic E-state index is 8.53. The number of hydrogen-bond donors (Lipinski definition) is 1. The van der Waals surface area contributed by atoms with Crippen LogP contribution in [0.15, 0.2) is 24.3 Å². The van der Waals surface area contributed by atoms with Crippen molar-refractivity contribution in [2.75, 3.05) is 6.61 Å². The van der Waals surface area contributed by atoms with Gasteiger partial charge in [0, 0.05) is 12.3 Å². The minimum atomic E-state index is 0.197. The summed E-state index contributed by atoms with van der Waals surface area (Å²) in [5, 5.41) is 8.53. The van der Waals surface area contributed by atoms with E-state index in [1.54, 1.807) is 0 Å². The molecule has 64 valence electrons. The summed E-state index contributed by atoms with van der Waals surface area (Å²) in [5.41, 5.74) is 1.96. The molecule has 1 N–H and O–H groups in total. The fourth-order valence-corrected chi connectivity index (χ4v) is 0.936. The van der Waals surface area contributed by atoms with Gasteiger partial charge in [0.2, 0.25) is 0 Å². The van der Waals surface area contributed by atoms with Crippen LogP contribution in [-0.2, 0) is 0 Å². The van der Waals surface area contributed by atoms with E-state index in [1.807, 2.05) is 37.3 Å². The molecular formula is C10H13NO. The summed E-state index contributed by atoms with van der Waals surface area (Å²) in [6, 6.07) is 5.88. The van der Waals surface area contributed by atoms with Crippen LogP contribution in [0.25, 0.3) is 6.08 Å². The second-order valence-electron chi connectivity index (χ2n) is 2.62. The highest BCUT2D eigenvalue weighted by Gasteiger charge is 1.87. The lowest BCUT2D eigenvalue weighted by Crippen LogP contribution is -1.83. The smallest absolute Gasteiger partial charge is 0.0629 e. The Labute approximate surface area is 72.6 Å². The number of aromatic nitrogens is 1. The van der Waals surface area contributed by atoms with Gasteiger partial charge >= 0.3 is 0 Å². The maximum atomic E-state index is 8.53. The van der Waals surface area contributed by atoms with Crippen molar-refractivity contribution in [1.29, 1.82) is 0 Å². The van der Waals surface area contributed by atoms with Crippen molar-refractivity contribution >= 4 is 6.08 Å². The Kier molecular flexibility index (Phi) is 3.48. The monoisotopic (exact) mass is 163 g/mol. The van der Waals surface area contributed by atoms with Crippen LogP contribution in [0.5, 0.6) is 0 Å². The third kappa shape index (κ3) is 2.84. The van der Waals surface area contributed by atoms with E-state index in [9.17, 15) is 0 Å². The van der Waals surface area contributed by atoms with E-state index in [1.165, 1.54) is 0 Å². The molecule has 0 amide bonds. The van der Waals surface area contributed by atoms with Crippen molar-refractivity contribution in [3.8, 4) is 0 Å². The Balaban J connectivity index is 2.63. The summed E-state index contributed by atoms with van der Waals surface area (Å²) < 4.78 is 0. The molecule has 1 rings (SSSR count). The predicted molar refractivity (Wildman–Crippen MR) is 49.7 cm³/mol. The zero-order chi connectivity index (χ0) is 8.81. The van der Waals surface area contributed by atoms with Crippen LogP contribution in [-0.4, -0.2) is 16.7 Å². The molecule has 0 fully saturated rings. The van der Waals surface area contributed by atoms with Gasteiger partial charge in [0.25, 0.3) is 0 Å². The van der Waals surface area contributed by atoms with Gasteiger partial charge in [-0.25, -0.2) is 0 Å². The molecule has 0 aliphatic rings. The highest BCUT2D eigenvalue weighted by atomic mass is 16.2. The van der Waals surface area contributed by atoms with E-state index < -0.39 is 0 Å². The third-order valence-electron chi connectivity index (χ3n) is 1.49. The van der Waals surface area contributed by atoms with E-state index in [0.29, 0.717) is 6.42 Å². The number of pyridine rings is 1. The van der Waals surface area contributed by atoms with Crippen LogP contribution in [0.2, 0.25) is 0 Å². The number of nitrogens with zero attached hydrogens (tertiary/aromatic N) is 1. The lowest BCUT2D eigenvalue weighted by molar-refractivity contribution is 0.303. The van der Waals surface area contributed by atoms with E-state index in [4.69, 9.17) is 5.11 Å². The third-order valence-corrected chi connectivity index (χ3v) is 1.49. The van der Waals surface area contributed by atoms with Gasteiger partial charge in [-0.15, -0.1) is 0 Å². The molecule has 0 saturated carbocycles. The van der Waals surface area contributed by atoms with E-state index in [2.05, 4.69) is 4.98 Å². The second kappa shape index (κ2) is 4.67. The number of aryl methyl sites for hydroxylation is 1. The van der Waals surface area contributed by atoms with Crippen LogP contribution in [0.4, 0.5) is 0 Å². The first-order chi connectivity index (χ1) is 5.83. The van der Waals surface area contributed by atoms with Gasteiger partial charge in [-0.05, 0) is 31.6 Å². The average molecular weight is 163 g/mol. The zero-order valence-corrected chi connectivity index (χ0v) is 7.20. The van der Waals surface area contributed by atoms with Crippen molar-refractivity contribution in [2.45, 2.75) is 13.3 Å². The molecule has 0 spiro atoms. The van der Waals surface area contributed by atoms with Crippen LogP contribution in [0.1, 0.15) is 17.8 Å². The Morgan fingerprint density at radius 1 is 1.50 bits per heavy atom. The molecule has 0 aliphatic heterocycles. The second-order valence-corrected chi connectivity index (χ2v) is 2.62. The van der Waals surface area contributed by atoms with Gasteiger partial charge in [-0.1, -0.05) is 12.1 Å². The molecule has 0 saturated heterocycles. The highest BCUT2D eigenvalue weighted by molar-refractivity contribution is 5.44. The highest BCUT2D eigenvalue weighted by Crippen LogP contribution is 2.00. The Hall–Kier alpha value is -1.15. The first-order valence-electron chi connectivity index (χ1n) is 4.04. The SMILES string of the molecule is Cc1cccc(C=CCCO)n1. The quantitative estimate of drug-likeness (QED) is 0.736. The van der Waals surface area contributed by atoms with Crippen LogP contribution < -0.4 is 0 Å². The minimum absolute atomic E-state index is 0.197. The number of hydrogen-bond acceptors (Lipinski definition) is 2. The van der Waals surface area contributed by atoms with E-state index in [0.717, 1.165) is 11.4 Å². The first-order valence-corrected chi connectivity index (χ1v) is 4.04. The predicted octanol–water partition coefficient (Wildman–Crippen LogP) is 1.79. The minimum Gasteiger partial charge on any atom is -0.396 e. The molecule has 0 atom stereocenters. The van der Waals surface area contributed by atoms with E-state index >= 15 is 0 Å². The summed E-state index contributed by atoms with van der Waals surface area (Å²) >= 11 is 0. The molecule has 2 nitrogen and oxygen atoms in total. The molecule has 1 aromatic rings.